The highest BCUT2D eigenvalue weighted by Crippen LogP contribution is 2.28. The van der Waals surface area contributed by atoms with Crippen LogP contribution in [0.1, 0.15) is 32.0 Å². The number of nitrogens with zero attached hydrogens (tertiary/aromatic N) is 3. The van der Waals surface area contributed by atoms with Crippen molar-refractivity contribution in [2.75, 3.05) is 10.6 Å². The maximum absolute atomic E-state index is 13.1. The minimum atomic E-state index is -4.25. The number of anilines is 2. The van der Waals surface area contributed by atoms with Crippen LogP contribution < -0.4 is 15.4 Å². The molecule has 0 unspecified atom stereocenters. The molecule has 1 aliphatic rings. The first-order valence-corrected chi connectivity index (χ1v) is 13.5. The van der Waals surface area contributed by atoms with Gasteiger partial charge in [-0.25, -0.2) is 18.5 Å². The van der Waals surface area contributed by atoms with Gasteiger partial charge in [-0.2, -0.15) is 13.5 Å². The smallest absolute Gasteiger partial charge is 0.307 e. The van der Waals surface area contributed by atoms with Gasteiger partial charge < -0.3 is 5.32 Å². The first kappa shape index (κ1) is 25.9. The Morgan fingerprint density at radius 1 is 0.949 bits per heavy atom. The van der Waals surface area contributed by atoms with Crippen molar-refractivity contribution in [2.45, 2.75) is 32.7 Å². The quantitative estimate of drug-likeness (QED) is 0.326. The molecule has 0 saturated carbocycles. The van der Waals surface area contributed by atoms with Crippen molar-refractivity contribution in [3.05, 3.63) is 84.1 Å². The zero-order valence-corrected chi connectivity index (χ0v) is 22.2. The number of amides is 4. The minimum Gasteiger partial charge on any atom is -0.307 e. The van der Waals surface area contributed by atoms with Gasteiger partial charge in [0.25, 0.3) is 0 Å². The van der Waals surface area contributed by atoms with E-state index in [-0.39, 0.29) is 12.0 Å². The molecule has 39 heavy (non-hydrogen) atoms. The predicted octanol–water partition coefficient (Wildman–Crippen LogP) is 3.67. The molecule has 12 heteroatoms. The summed E-state index contributed by atoms with van der Waals surface area (Å²) in [5.41, 5.74) is 1.98. The summed E-state index contributed by atoms with van der Waals surface area (Å²) in [5.74, 6) is -1.96. The molecule has 200 valence electrons. The number of fused-ring (bicyclic) bond motifs is 1. The van der Waals surface area contributed by atoms with E-state index >= 15 is 0 Å². The number of hydrogen-bond acceptors (Lipinski definition) is 6. The fraction of sp³-hybridized carbons (Fsp3) is 0.185. The lowest BCUT2D eigenvalue weighted by molar-refractivity contribution is -0.140. The van der Waals surface area contributed by atoms with E-state index in [4.69, 9.17) is 5.10 Å². The number of nitrogens with one attached hydrogen (secondary N) is 3. The normalized spacial score (nSPS) is 14.9. The van der Waals surface area contributed by atoms with Crippen molar-refractivity contribution in [2.24, 2.45) is 0 Å². The number of urea groups is 1. The van der Waals surface area contributed by atoms with Crippen molar-refractivity contribution < 1.29 is 22.8 Å². The van der Waals surface area contributed by atoms with Crippen LogP contribution in [0.5, 0.6) is 0 Å². The highest BCUT2D eigenvalue weighted by molar-refractivity contribution is 7.89. The third kappa shape index (κ3) is 5.18. The number of hydrogen-bond donors (Lipinski definition) is 3. The maximum Gasteiger partial charge on any atom is 0.329 e. The fourth-order valence-corrected chi connectivity index (χ4v) is 5.24. The summed E-state index contributed by atoms with van der Waals surface area (Å²) in [7, 11) is -4.25. The molecule has 0 spiro atoms. The number of benzene rings is 3. The number of aromatic nitrogens is 2. The molecular weight excluding hydrogens is 520 g/mol. The third-order valence-electron chi connectivity index (χ3n) is 6.17. The van der Waals surface area contributed by atoms with Crippen LogP contribution in [0.3, 0.4) is 0 Å². The SMILES string of the molecule is CC(C)(C)c1cc(NC(=O)Nc2cccc3ccccc23)n(-c2cccc(CN3C(=O)C(=O)NS3(=O)=O)c2)n1. The average molecular weight is 547 g/mol. The van der Waals surface area contributed by atoms with Crippen LogP contribution in [-0.2, 0) is 31.8 Å². The third-order valence-corrected chi connectivity index (χ3v) is 7.49. The molecule has 5 rings (SSSR count). The summed E-state index contributed by atoms with van der Waals surface area (Å²) >= 11 is 0. The highest BCUT2D eigenvalue weighted by atomic mass is 32.2. The summed E-state index contributed by atoms with van der Waals surface area (Å²) in [6.45, 7) is 5.63. The highest BCUT2D eigenvalue weighted by Gasteiger charge is 2.41. The molecule has 2 heterocycles. The average Bonchev–Trinajstić information content (AvgIpc) is 3.38. The molecular formula is C27H26N6O5S. The molecule has 0 aliphatic carbocycles. The molecule has 1 aliphatic heterocycles. The van der Waals surface area contributed by atoms with Crippen LogP contribution in [0.25, 0.3) is 16.5 Å². The van der Waals surface area contributed by atoms with Gasteiger partial charge in [0.05, 0.1) is 23.6 Å². The van der Waals surface area contributed by atoms with Crippen LogP contribution in [0.2, 0.25) is 0 Å². The van der Waals surface area contributed by atoms with Gasteiger partial charge >= 0.3 is 28.1 Å². The summed E-state index contributed by atoms with van der Waals surface area (Å²) < 4.78 is 28.0. The zero-order chi connectivity index (χ0) is 27.9. The first-order valence-electron chi connectivity index (χ1n) is 12.1. The van der Waals surface area contributed by atoms with Crippen LogP contribution in [0, 0.1) is 0 Å². The molecule has 11 nitrogen and oxygen atoms in total. The number of carbonyl (C=O) groups excluding carboxylic acids is 3. The van der Waals surface area contributed by atoms with E-state index in [9.17, 15) is 22.8 Å². The number of rotatable bonds is 5. The molecule has 1 saturated heterocycles. The second-order valence-corrected chi connectivity index (χ2v) is 11.7. The van der Waals surface area contributed by atoms with Gasteiger partial charge in [-0.1, -0.05) is 69.3 Å². The van der Waals surface area contributed by atoms with Crippen molar-refractivity contribution in [3.63, 3.8) is 0 Å². The summed E-state index contributed by atoms with van der Waals surface area (Å²) in [6, 6.07) is 21.3. The van der Waals surface area contributed by atoms with E-state index in [0.717, 1.165) is 10.8 Å². The predicted molar refractivity (Wildman–Crippen MR) is 146 cm³/mol. The van der Waals surface area contributed by atoms with Gasteiger partial charge in [0.2, 0.25) is 0 Å². The molecule has 4 amide bonds. The van der Waals surface area contributed by atoms with Gasteiger partial charge in [0.15, 0.2) is 0 Å². The first-order chi connectivity index (χ1) is 18.4. The molecule has 0 bridgehead atoms. The van der Waals surface area contributed by atoms with Gasteiger partial charge in [-0.3, -0.25) is 14.9 Å². The Hall–Kier alpha value is -4.71. The topological polar surface area (TPSA) is 142 Å². The molecule has 3 aromatic carbocycles. The number of carbonyl (C=O) groups is 3. The monoisotopic (exact) mass is 546 g/mol. The standard InChI is InChI=1S/C27H26N6O5S/c1-27(2,3)22-15-23(29-26(36)28-21-13-7-10-18-9-4-5-12-20(18)21)33(30-22)19-11-6-8-17(14-19)16-32-25(35)24(34)31-39(32,37)38/h4-15H,16H2,1-3H3,(H,31,34)(H2,28,29,36). The van der Waals surface area contributed by atoms with E-state index in [1.165, 1.54) is 4.68 Å². The maximum atomic E-state index is 13.1. The van der Waals surface area contributed by atoms with E-state index in [1.54, 1.807) is 35.1 Å². The molecule has 1 aromatic heterocycles. The van der Waals surface area contributed by atoms with Gasteiger partial charge in [0.1, 0.15) is 5.82 Å². The van der Waals surface area contributed by atoms with Crippen LogP contribution in [0.15, 0.2) is 72.8 Å². The zero-order valence-electron chi connectivity index (χ0n) is 21.4. The Balaban J connectivity index is 1.45. The van der Waals surface area contributed by atoms with Gasteiger partial charge in [-0.15, -0.1) is 0 Å². The molecule has 1 fully saturated rings. The Bertz CT molecular complexity index is 1730. The van der Waals surface area contributed by atoms with E-state index in [1.807, 2.05) is 63.2 Å². The summed E-state index contributed by atoms with van der Waals surface area (Å²) in [6.07, 6.45) is 0. The van der Waals surface area contributed by atoms with Crippen LogP contribution in [0.4, 0.5) is 16.3 Å². The van der Waals surface area contributed by atoms with E-state index in [2.05, 4.69) is 10.6 Å². The Morgan fingerprint density at radius 2 is 1.67 bits per heavy atom. The van der Waals surface area contributed by atoms with Crippen molar-refractivity contribution in [1.82, 2.24) is 18.8 Å². The van der Waals surface area contributed by atoms with Crippen LogP contribution >= 0.6 is 0 Å². The Kier molecular flexibility index (Phi) is 6.35. The summed E-state index contributed by atoms with van der Waals surface area (Å²) in [4.78, 5) is 36.7. The Labute approximate surface area is 225 Å². The fourth-order valence-electron chi connectivity index (χ4n) is 4.19. The largest absolute Gasteiger partial charge is 0.329 e. The van der Waals surface area contributed by atoms with E-state index < -0.39 is 28.1 Å². The molecule has 0 atom stereocenters. The summed E-state index contributed by atoms with van der Waals surface area (Å²) in [5, 5.41) is 12.3. The second-order valence-electron chi connectivity index (χ2n) is 10.1. The lowest BCUT2D eigenvalue weighted by Crippen LogP contribution is -2.31. The lowest BCUT2D eigenvalue weighted by Gasteiger charge is -2.15. The van der Waals surface area contributed by atoms with Gasteiger partial charge in [-0.05, 0) is 29.1 Å². The van der Waals surface area contributed by atoms with Gasteiger partial charge in [0, 0.05) is 16.9 Å². The molecule has 0 radical (unpaired) electrons. The van der Waals surface area contributed by atoms with E-state index in [0.29, 0.717) is 32.8 Å². The van der Waals surface area contributed by atoms with Crippen LogP contribution in [-0.4, -0.2) is 40.3 Å². The Morgan fingerprint density at radius 3 is 2.38 bits per heavy atom. The van der Waals surface area contributed by atoms with Crippen molar-refractivity contribution >= 4 is 50.3 Å². The van der Waals surface area contributed by atoms with Crippen molar-refractivity contribution in [3.8, 4) is 5.69 Å². The molecule has 4 aromatic rings. The minimum absolute atomic E-state index is 0.340. The molecule has 3 N–H and O–H groups in total. The second kappa shape index (κ2) is 9.55. The van der Waals surface area contributed by atoms with Crippen molar-refractivity contribution in [1.29, 1.82) is 0 Å². The lowest BCUT2D eigenvalue weighted by atomic mass is 9.92.